The highest BCUT2D eigenvalue weighted by atomic mass is 16.4. The molecule has 0 spiro atoms. The van der Waals surface area contributed by atoms with Gasteiger partial charge in [-0.2, -0.15) is 0 Å². The van der Waals surface area contributed by atoms with Gasteiger partial charge in [-0.15, -0.1) is 0 Å². The average molecular weight is 167 g/mol. The Morgan fingerprint density at radius 2 is 2.33 bits per heavy atom. The van der Waals surface area contributed by atoms with E-state index in [4.69, 9.17) is 15.3 Å². The van der Waals surface area contributed by atoms with Gasteiger partial charge >= 0.3 is 0 Å². The maximum Gasteiger partial charge on any atom is 0.129 e. The summed E-state index contributed by atoms with van der Waals surface area (Å²) >= 11 is 0. The molecule has 3 N–H and O–H groups in total. The van der Waals surface area contributed by atoms with Crippen LogP contribution >= 0.6 is 0 Å². The van der Waals surface area contributed by atoms with Gasteiger partial charge in [-0.25, -0.2) is 0 Å². The zero-order valence-electron chi connectivity index (χ0n) is 6.86. The summed E-state index contributed by atoms with van der Waals surface area (Å²) < 4.78 is 5.32. The maximum absolute atomic E-state index is 8.75. The summed E-state index contributed by atoms with van der Waals surface area (Å²) in [5, 5.41) is 8.75. The van der Waals surface area contributed by atoms with Crippen molar-refractivity contribution in [3.63, 3.8) is 0 Å². The predicted octanol–water partition coefficient (Wildman–Crippen LogP) is 1.18. The fourth-order valence-corrected chi connectivity index (χ4v) is 1.35. The molecule has 1 aromatic heterocycles. The maximum atomic E-state index is 8.75. The lowest BCUT2D eigenvalue weighted by Gasteiger charge is -2.04. The Labute approximate surface area is 71.2 Å². The molecule has 1 aliphatic rings. The lowest BCUT2D eigenvalue weighted by Crippen LogP contribution is -2.10. The van der Waals surface area contributed by atoms with Crippen molar-refractivity contribution in [2.24, 2.45) is 11.7 Å². The standard InChI is InChI=1S/C9H13NO2/c10-9(6-1-2-6)8-4-3-7(5-11)12-8/h3-4,6,9,11H,1-2,5,10H2. The van der Waals surface area contributed by atoms with E-state index in [0.29, 0.717) is 11.7 Å². The van der Waals surface area contributed by atoms with Gasteiger partial charge in [0.05, 0.1) is 6.04 Å². The number of furan rings is 1. The van der Waals surface area contributed by atoms with Crippen molar-refractivity contribution in [2.45, 2.75) is 25.5 Å². The summed E-state index contributed by atoms with van der Waals surface area (Å²) in [6.45, 7) is -0.0443. The first-order chi connectivity index (χ1) is 5.81. The molecule has 1 aromatic rings. The Balaban J connectivity index is 2.10. The summed E-state index contributed by atoms with van der Waals surface area (Å²) in [5.74, 6) is 2.00. The summed E-state index contributed by atoms with van der Waals surface area (Å²) in [6, 6.07) is 3.66. The number of rotatable bonds is 3. The van der Waals surface area contributed by atoms with E-state index in [0.717, 1.165) is 5.76 Å². The van der Waals surface area contributed by atoms with Crippen molar-refractivity contribution in [1.82, 2.24) is 0 Å². The lowest BCUT2D eigenvalue weighted by molar-refractivity contribution is 0.240. The summed E-state index contributed by atoms with van der Waals surface area (Å²) in [5.41, 5.74) is 5.89. The fourth-order valence-electron chi connectivity index (χ4n) is 1.35. The second kappa shape index (κ2) is 2.92. The van der Waals surface area contributed by atoms with Gasteiger partial charge in [0.1, 0.15) is 18.1 Å². The van der Waals surface area contributed by atoms with Crippen LogP contribution in [0.5, 0.6) is 0 Å². The van der Waals surface area contributed by atoms with Crippen LogP contribution in [-0.4, -0.2) is 5.11 Å². The van der Waals surface area contributed by atoms with Gasteiger partial charge in [0, 0.05) is 0 Å². The third-order valence-electron chi connectivity index (χ3n) is 2.30. The van der Waals surface area contributed by atoms with Crippen molar-refractivity contribution >= 4 is 0 Å². The minimum atomic E-state index is -0.0443. The molecule has 0 amide bonds. The van der Waals surface area contributed by atoms with Crippen LogP contribution in [0.15, 0.2) is 16.5 Å². The molecule has 3 heteroatoms. The highest BCUT2D eigenvalue weighted by molar-refractivity contribution is 5.12. The van der Waals surface area contributed by atoms with E-state index in [9.17, 15) is 0 Å². The molecule has 1 saturated carbocycles. The van der Waals surface area contributed by atoms with Gasteiger partial charge < -0.3 is 15.3 Å². The largest absolute Gasteiger partial charge is 0.462 e. The summed E-state index contributed by atoms with van der Waals surface area (Å²) in [6.07, 6.45) is 2.41. The first-order valence-corrected chi connectivity index (χ1v) is 4.26. The first-order valence-electron chi connectivity index (χ1n) is 4.26. The molecule has 1 fully saturated rings. The molecule has 3 nitrogen and oxygen atoms in total. The average Bonchev–Trinajstić information content (AvgIpc) is 2.82. The third kappa shape index (κ3) is 1.38. The van der Waals surface area contributed by atoms with Crippen molar-refractivity contribution in [1.29, 1.82) is 0 Å². The summed E-state index contributed by atoms with van der Waals surface area (Å²) in [4.78, 5) is 0. The van der Waals surface area contributed by atoms with Crippen molar-refractivity contribution < 1.29 is 9.52 Å². The van der Waals surface area contributed by atoms with E-state index >= 15 is 0 Å². The zero-order valence-corrected chi connectivity index (χ0v) is 6.86. The molecule has 0 aliphatic heterocycles. The molecule has 1 atom stereocenters. The van der Waals surface area contributed by atoms with Crippen LogP contribution in [0.4, 0.5) is 0 Å². The molecule has 0 radical (unpaired) electrons. The van der Waals surface area contributed by atoms with E-state index in [-0.39, 0.29) is 12.6 Å². The SMILES string of the molecule is NC(c1ccc(CO)o1)C1CC1. The van der Waals surface area contributed by atoms with Crippen molar-refractivity contribution in [3.05, 3.63) is 23.7 Å². The summed E-state index contributed by atoms with van der Waals surface area (Å²) in [7, 11) is 0. The van der Waals surface area contributed by atoms with E-state index < -0.39 is 0 Å². The minimum absolute atomic E-state index is 0.0327. The predicted molar refractivity (Wildman–Crippen MR) is 44.3 cm³/mol. The molecule has 1 unspecified atom stereocenters. The van der Waals surface area contributed by atoms with E-state index in [1.54, 1.807) is 6.07 Å². The lowest BCUT2D eigenvalue weighted by atomic mass is 10.1. The minimum Gasteiger partial charge on any atom is -0.462 e. The molecule has 1 heterocycles. The molecular weight excluding hydrogens is 154 g/mol. The Morgan fingerprint density at radius 3 is 2.83 bits per heavy atom. The Morgan fingerprint density at radius 1 is 1.58 bits per heavy atom. The topological polar surface area (TPSA) is 59.4 Å². The quantitative estimate of drug-likeness (QED) is 0.710. The normalized spacial score (nSPS) is 19.5. The Hall–Kier alpha value is -0.800. The van der Waals surface area contributed by atoms with Crippen LogP contribution in [0, 0.1) is 5.92 Å². The van der Waals surface area contributed by atoms with E-state index in [1.165, 1.54) is 12.8 Å². The molecule has 66 valence electrons. The number of nitrogens with two attached hydrogens (primary N) is 1. The van der Waals surface area contributed by atoms with Crippen LogP contribution in [0.3, 0.4) is 0 Å². The number of hydrogen-bond acceptors (Lipinski definition) is 3. The fraction of sp³-hybridized carbons (Fsp3) is 0.556. The van der Waals surface area contributed by atoms with Gasteiger partial charge in [-0.05, 0) is 30.9 Å². The van der Waals surface area contributed by atoms with Crippen molar-refractivity contribution in [3.8, 4) is 0 Å². The molecular formula is C9H13NO2. The highest BCUT2D eigenvalue weighted by Gasteiger charge is 2.31. The van der Waals surface area contributed by atoms with Gasteiger partial charge in [-0.1, -0.05) is 0 Å². The van der Waals surface area contributed by atoms with Crippen LogP contribution in [0.2, 0.25) is 0 Å². The third-order valence-corrected chi connectivity index (χ3v) is 2.30. The molecule has 12 heavy (non-hydrogen) atoms. The zero-order chi connectivity index (χ0) is 8.55. The van der Waals surface area contributed by atoms with Gasteiger partial charge in [-0.3, -0.25) is 0 Å². The monoisotopic (exact) mass is 167 g/mol. The number of aliphatic hydroxyl groups excluding tert-OH is 1. The smallest absolute Gasteiger partial charge is 0.129 e. The first kappa shape index (κ1) is 7.83. The molecule has 1 aliphatic carbocycles. The molecule has 0 aromatic carbocycles. The van der Waals surface area contributed by atoms with Crippen LogP contribution < -0.4 is 5.73 Å². The molecule has 0 bridgehead atoms. The highest BCUT2D eigenvalue weighted by Crippen LogP contribution is 2.39. The van der Waals surface area contributed by atoms with Crippen molar-refractivity contribution in [2.75, 3.05) is 0 Å². The molecule has 0 saturated heterocycles. The molecule has 2 rings (SSSR count). The van der Waals surface area contributed by atoms with Crippen LogP contribution in [0.25, 0.3) is 0 Å². The Bertz CT molecular complexity index is 265. The van der Waals surface area contributed by atoms with E-state index in [1.807, 2.05) is 6.07 Å². The Kier molecular flexibility index (Phi) is 1.90. The number of hydrogen-bond donors (Lipinski definition) is 2. The second-order valence-corrected chi connectivity index (χ2v) is 3.33. The van der Waals surface area contributed by atoms with E-state index in [2.05, 4.69) is 0 Å². The van der Waals surface area contributed by atoms with Gasteiger partial charge in [0.2, 0.25) is 0 Å². The number of aliphatic hydroxyl groups is 1. The van der Waals surface area contributed by atoms with Crippen LogP contribution in [-0.2, 0) is 6.61 Å². The van der Waals surface area contributed by atoms with Gasteiger partial charge in [0.15, 0.2) is 0 Å². The van der Waals surface area contributed by atoms with Crippen LogP contribution in [0.1, 0.15) is 30.4 Å². The van der Waals surface area contributed by atoms with Gasteiger partial charge in [0.25, 0.3) is 0 Å². The second-order valence-electron chi connectivity index (χ2n) is 3.33.